The van der Waals surface area contributed by atoms with E-state index in [9.17, 15) is 9.59 Å². The fourth-order valence-electron chi connectivity index (χ4n) is 3.34. The summed E-state index contributed by atoms with van der Waals surface area (Å²) in [4.78, 5) is 31.1. The van der Waals surface area contributed by atoms with Gasteiger partial charge in [0.2, 0.25) is 0 Å². The standard InChI is InChI=1S/C28H38N2O4/c1-19(2)22(30-26(32)34-28(6,7)8)24(25(31)33-27(3,4)5)29-23(20-15-11-9-12-16-20)21-17-13-10-14-18-21/h9-19,22,24H,1-8H3,(H,30,32)/t22-,24+/m1/s1. The van der Waals surface area contributed by atoms with E-state index in [0.717, 1.165) is 11.1 Å². The summed E-state index contributed by atoms with van der Waals surface area (Å²) in [7, 11) is 0. The van der Waals surface area contributed by atoms with Gasteiger partial charge < -0.3 is 14.8 Å². The lowest BCUT2D eigenvalue weighted by Crippen LogP contribution is -2.52. The molecule has 0 saturated heterocycles. The van der Waals surface area contributed by atoms with Crippen LogP contribution in [0.3, 0.4) is 0 Å². The molecule has 1 amide bonds. The summed E-state index contributed by atoms with van der Waals surface area (Å²) in [5, 5.41) is 2.88. The molecule has 0 fully saturated rings. The minimum absolute atomic E-state index is 0.124. The molecule has 34 heavy (non-hydrogen) atoms. The van der Waals surface area contributed by atoms with Crippen LogP contribution in [0.2, 0.25) is 0 Å². The molecule has 0 aliphatic heterocycles. The van der Waals surface area contributed by atoms with E-state index in [2.05, 4.69) is 5.32 Å². The Morgan fingerprint density at radius 3 is 1.59 bits per heavy atom. The smallest absolute Gasteiger partial charge is 0.407 e. The first kappa shape index (κ1) is 27.1. The Bertz CT molecular complexity index is 929. The highest BCUT2D eigenvalue weighted by Gasteiger charge is 2.36. The molecule has 0 aromatic heterocycles. The van der Waals surface area contributed by atoms with E-state index in [1.54, 1.807) is 20.8 Å². The number of amides is 1. The van der Waals surface area contributed by atoms with Gasteiger partial charge in [0, 0.05) is 11.1 Å². The summed E-state index contributed by atoms with van der Waals surface area (Å²) >= 11 is 0. The van der Waals surface area contributed by atoms with Gasteiger partial charge in [0.05, 0.1) is 11.8 Å². The van der Waals surface area contributed by atoms with Crippen molar-refractivity contribution in [1.82, 2.24) is 5.32 Å². The van der Waals surface area contributed by atoms with E-state index in [-0.39, 0.29) is 5.92 Å². The molecule has 2 rings (SSSR count). The number of hydrogen-bond donors (Lipinski definition) is 1. The normalized spacial score (nSPS) is 13.6. The number of benzene rings is 2. The highest BCUT2D eigenvalue weighted by molar-refractivity contribution is 6.13. The molecule has 0 bridgehead atoms. The number of aliphatic imine (C=N–C) groups is 1. The van der Waals surface area contributed by atoms with Gasteiger partial charge in [-0.05, 0) is 47.5 Å². The van der Waals surface area contributed by atoms with Crippen LogP contribution < -0.4 is 5.32 Å². The maximum atomic E-state index is 13.4. The quantitative estimate of drug-likeness (QED) is 0.414. The molecule has 0 saturated carbocycles. The SMILES string of the molecule is CC(C)[C@@H](NC(=O)OC(C)(C)C)[C@H](N=C(c1ccccc1)c1ccccc1)C(=O)OC(C)(C)C. The molecule has 0 heterocycles. The molecule has 2 atom stereocenters. The van der Waals surface area contributed by atoms with Gasteiger partial charge in [0.15, 0.2) is 6.04 Å². The Morgan fingerprint density at radius 1 is 0.765 bits per heavy atom. The highest BCUT2D eigenvalue weighted by Crippen LogP contribution is 2.20. The third-order valence-electron chi connectivity index (χ3n) is 4.75. The number of carbonyl (C=O) groups excluding carboxylic acids is 2. The molecular weight excluding hydrogens is 428 g/mol. The Labute approximate surface area is 203 Å². The zero-order chi connectivity index (χ0) is 25.5. The first-order valence-corrected chi connectivity index (χ1v) is 11.7. The molecule has 0 unspecified atom stereocenters. The fourth-order valence-corrected chi connectivity index (χ4v) is 3.34. The first-order chi connectivity index (χ1) is 15.8. The lowest BCUT2D eigenvalue weighted by Gasteiger charge is -2.31. The van der Waals surface area contributed by atoms with E-state index < -0.39 is 35.3 Å². The number of carbonyl (C=O) groups is 2. The summed E-state index contributed by atoms with van der Waals surface area (Å²) in [6.07, 6.45) is -0.601. The van der Waals surface area contributed by atoms with Crippen LogP contribution in [-0.2, 0) is 14.3 Å². The average molecular weight is 467 g/mol. The van der Waals surface area contributed by atoms with Gasteiger partial charge in [0.1, 0.15) is 11.2 Å². The molecule has 6 heteroatoms. The topological polar surface area (TPSA) is 77.0 Å². The van der Waals surface area contributed by atoms with Gasteiger partial charge in [0.25, 0.3) is 0 Å². The van der Waals surface area contributed by atoms with Crippen molar-refractivity contribution in [2.75, 3.05) is 0 Å². The van der Waals surface area contributed by atoms with Crippen LogP contribution in [0.5, 0.6) is 0 Å². The van der Waals surface area contributed by atoms with Crippen molar-refractivity contribution >= 4 is 17.8 Å². The Kier molecular flexibility index (Phi) is 9.02. The second kappa shape index (κ2) is 11.3. The first-order valence-electron chi connectivity index (χ1n) is 11.7. The summed E-state index contributed by atoms with van der Waals surface area (Å²) < 4.78 is 11.2. The number of nitrogens with zero attached hydrogens (tertiary/aromatic N) is 1. The molecule has 184 valence electrons. The monoisotopic (exact) mass is 466 g/mol. The van der Waals surface area contributed by atoms with Crippen molar-refractivity contribution in [2.45, 2.75) is 78.7 Å². The Balaban J connectivity index is 2.61. The Hall–Kier alpha value is -3.15. The number of nitrogens with one attached hydrogen (secondary N) is 1. The molecule has 0 aliphatic rings. The van der Waals surface area contributed by atoms with Crippen molar-refractivity contribution in [2.24, 2.45) is 10.9 Å². The third kappa shape index (κ3) is 8.65. The number of ether oxygens (including phenoxy) is 2. The van der Waals surface area contributed by atoms with Crippen LogP contribution in [0.1, 0.15) is 66.5 Å². The molecule has 0 aliphatic carbocycles. The zero-order valence-electron chi connectivity index (χ0n) is 21.6. The van der Waals surface area contributed by atoms with Crippen molar-refractivity contribution in [3.8, 4) is 0 Å². The minimum Gasteiger partial charge on any atom is -0.458 e. The minimum atomic E-state index is -0.984. The van der Waals surface area contributed by atoms with Gasteiger partial charge >= 0.3 is 12.1 Å². The van der Waals surface area contributed by atoms with Crippen LogP contribution in [0.25, 0.3) is 0 Å². The van der Waals surface area contributed by atoms with Crippen LogP contribution in [-0.4, -0.2) is 41.1 Å². The maximum Gasteiger partial charge on any atom is 0.407 e. The predicted octanol–water partition coefficient (Wildman–Crippen LogP) is 5.78. The van der Waals surface area contributed by atoms with E-state index in [1.165, 1.54) is 0 Å². The van der Waals surface area contributed by atoms with Crippen molar-refractivity contribution in [1.29, 1.82) is 0 Å². The summed E-state index contributed by atoms with van der Waals surface area (Å²) in [6.45, 7) is 14.7. The van der Waals surface area contributed by atoms with Crippen LogP contribution in [0.4, 0.5) is 4.79 Å². The zero-order valence-corrected chi connectivity index (χ0v) is 21.6. The van der Waals surface area contributed by atoms with E-state index >= 15 is 0 Å². The van der Waals surface area contributed by atoms with Gasteiger partial charge in [-0.15, -0.1) is 0 Å². The second-order valence-electron chi connectivity index (χ2n) is 10.6. The van der Waals surface area contributed by atoms with E-state index in [0.29, 0.717) is 5.71 Å². The molecule has 2 aromatic rings. The van der Waals surface area contributed by atoms with Gasteiger partial charge in [-0.25, -0.2) is 9.59 Å². The largest absolute Gasteiger partial charge is 0.458 e. The number of esters is 1. The lowest BCUT2D eigenvalue weighted by molar-refractivity contribution is -0.157. The summed E-state index contributed by atoms with van der Waals surface area (Å²) in [5.41, 5.74) is 0.991. The molecule has 6 nitrogen and oxygen atoms in total. The van der Waals surface area contributed by atoms with Gasteiger partial charge in [-0.3, -0.25) is 4.99 Å². The van der Waals surface area contributed by atoms with Crippen molar-refractivity contribution in [3.05, 3.63) is 71.8 Å². The number of rotatable bonds is 7. The van der Waals surface area contributed by atoms with Gasteiger partial charge in [-0.2, -0.15) is 0 Å². The second-order valence-corrected chi connectivity index (χ2v) is 10.6. The number of hydrogen-bond acceptors (Lipinski definition) is 5. The molecule has 1 N–H and O–H groups in total. The summed E-state index contributed by atoms with van der Waals surface area (Å²) in [6, 6.07) is 17.7. The Morgan fingerprint density at radius 2 is 1.21 bits per heavy atom. The van der Waals surface area contributed by atoms with Crippen LogP contribution in [0, 0.1) is 5.92 Å². The third-order valence-corrected chi connectivity index (χ3v) is 4.75. The molecular formula is C28H38N2O4. The van der Waals surface area contributed by atoms with Crippen molar-refractivity contribution < 1.29 is 19.1 Å². The highest BCUT2D eigenvalue weighted by atomic mass is 16.6. The predicted molar refractivity (Wildman–Crippen MR) is 136 cm³/mol. The van der Waals surface area contributed by atoms with Crippen LogP contribution >= 0.6 is 0 Å². The number of alkyl carbamates (subject to hydrolysis) is 1. The molecule has 2 aromatic carbocycles. The average Bonchev–Trinajstić information content (AvgIpc) is 2.72. The molecule has 0 radical (unpaired) electrons. The maximum absolute atomic E-state index is 13.4. The van der Waals surface area contributed by atoms with E-state index in [1.807, 2.05) is 95.3 Å². The fraction of sp³-hybridized carbons (Fsp3) is 0.464. The summed E-state index contributed by atoms with van der Waals surface area (Å²) in [5.74, 6) is -0.631. The van der Waals surface area contributed by atoms with Crippen molar-refractivity contribution in [3.63, 3.8) is 0 Å². The lowest BCUT2D eigenvalue weighted by atomic mass is 9.95. The molecule has 0 spiro atoms. The van der Waals surface area contributed by atoms with E-state index in [4.69, 9.17) is 14.5 Å². The van der Waals surface area contributed by atoms with Gasteiger partial charge in [-0.1, -0.05) is 74.5 Å². The van der Waals surface area contributed by atoms with Crippen LogP contribution in [0.15, 0.2) is 65.7 Å².